The molecule has 1 aliphatic heterocycles. The number of nitrogens with one attached hydrogen (secondary N) is 1. The molecule has 1 aromatic heterocycles. The van der Waals surface area contributed by atoms with Crippen LogP contribution in [0, 0.1) is 0 Å². The van der Waals surface area contributed by atoms with Gasteiger partial charge in [-0.3, -0.25) is 9.59 Å². The molecule has 1 aliphatic rings. The quantitative estimate of drug-likeness (QED) is 0.646. The highest BCUT2D eigenvalue weighted by molar-refractivity contribution is 5.92. The molecule has 1 atom stereocenters. The van der Waals surface area contributed by atoms with E-state index in [0.717, 1.165) is 42.6 Å². The van der Waals surface area contributed by atoms with E-state index in [1.54, 1.807) is 0 Å². The maximum absolute atomic E-state index is 12.6. The van der Waals surface area contributed by atoms with E-state index >= 15 is 0 Å². The number of carbonyl (C=O) groups excluding carboxylic acids is 2. The molecule has 0 saturated carbocycles. The molecule has 0 bridgehead atoms. The fourth-order valence-corrected chi connectivity index (χ4v) is 3.76. The van der Waals surface area contributed by atoms with Gasteiger partial charge in [0, 0.05) is 25.2 Å². The Hall–Kier alpha value is -3.41. The number of nitrogens with zero attached hydrogens (tertiary/aromatic N) is 2. The zero-order valence-electron chi connectivity index (χ0n) is 17.7. The molecule has 31 heavy (non-hydrogen) atoms. The molecular formula is C25H27N3O3. The summed E-state index contributed by atoms with van der Waals surface area (Å²) >= 11 is 0. The summed E-state index contributed by atoms with van der Waals surface area (Å²) in [7, 11) is 0. The second-order valence-corrected chi connectivity index (χ2v) is 7.94. The smallest absolute Gasteiger partial charge is 0.275 e. The minimum atomic E-state index is -0.205. The molecular weight excluding hydrogens is 390 g/mol. The fourth-order valence-electron chi connectivity index (χ4n) is 3.76. The summed E-state index contributed by atoms with van der Waals surface area (Å²) in [6.45, 7) is 3.91. The average molecular weight is 418 g/mol. The second kappa shape index (κ2) is 9.60. The molecule has 160 valence electrons. The highest BCUT2D eigenvalue weighted by atomic mass is 16.3. The lowest BCUT2D eigenvalue weighted by molar-refractivity contribution is -0.122. The Kier molecular flexibility index (Phi) is 6.46. The predicted octanol–water partition coefficient (Wildman–Crippen LogP) is 4.39. The van der Waals surface area contributed by atoms with Crippen LogP contribution < -0.4 is 5.32 Å². The molecule has 0 radical (unpaired) electrons. The number of oxazole rings is 1. The zero-order valence-corrected chi connectivity index (χ0v) is 17.7. The standard InChI is InChI=1S/C25H27N3O3/c1-18(20-8-4-2-5-9-20)23(29)26-16-19-10-12-21(13-11-19)24-27-22(17-31-24)25(30)28-14-6-3-7-15-28/h2,4-5,8-13,17-18H,3,6-7,14-16H2,1H3,(H,26,29). The van der Waals surface area contributed by atoms with Crippen LogP contribution in [0.15, 0.2) is 65.3 Å². The Balaban J connectivity index is 1.35. The third kappa shape index (κ3) is 5.02. The van der Waals surface area contributed by atoms with Gasteiger partial charge in [-0.1, -0.05) is 42.5 Å². The van der Waals surface area contributed by atoms with Crippen molar-refractivity contribution in [1.82, 2.24) is 15.2 Å². The van der Waals surface area contributed by atoms with Crippen molar-refractivity contribution in [3.8, 4) is 11.5 Å². The van der Waals surface area contributed by atoms with Gasteiger partial charge in [0.25, 0.3) is 5.91 Å². The second-order valence-electron chi connectivity index (χ2n) is 7.94. The number of likely N-dealkylation sites (tertiary alicyclic amines) is 1. The monoisotopic (exact) mass is 417 g/mol. The number of hydrogen-bond acceptors (Lipinski definition) is 4. The molecule has 1 N–H and O–H groups in total. The lowest BCUT2D eigenvalue weighted by Gasteiger charge is -2.25. The topological polar surface area (TPSA) is 75.4 Å². The molecule has 0 spiro atoms. The predicted molar refractivity (Wildman–Crippen MR) is 118 cm³/mol. The largest absolute Gasteiger partial charge is 0.444 e. The average Bonchev–Trinajstić information content (AvgIpc) is 3.33. The summed E-state index contributed by atoms with van der Waals surface area (Å²) in [5.74, 6) is 0.141. The van der Waals surface area contributed by atoms with Gasteiger partial charge < -0.3 is 14.6 Å². The number of benzene rings is 2. The van der Waals surface area contributed by atoms with Crippen molar-refractivity contribution in [1.29, 1.82) is 0 Å². The van der Waals surface area contributed by atoms with Gasteiger partial charge in [-0.15, -0.1) is 0 Å². The van der Waals surface area contributed by atoms with E-state index in [9.17, 15) is 9.59 Å². The third-order valence-corrected chi connectivity index (χ3v) is 5.73. The normalized spacial score (nSPS) is 14.8. The summed E-state index contributed by atoms with van der Waals surface area (Å²) in [5.41, 5.74) is 3.12. The number of aromatic nitrogens is 1. The van der Waals surface area contributed by atoms with Crippen molar-refractivity contribution >= 4 is 11.8 Å². The summed E-state index contributed by atoms with van der Waals surface area (Å²) in [5, 5.41) is 2.98. The third-order valence-electron chi connectivity index (χ3n) is 5.73. The molecule has 3 aromatic rings. The lowest BCUT2D eigenvalue weighted by Crippen LogP contribution is -2.35. The van der Waals surface area contributed by atoms with E-state index in [0.29, 0.717) is 18.1 Å². The van der Waals surface area contributed by atoms with Crippen molar-refractivity contribution in [3.05, 3.63) is 77.7 Å². The first-order chi connectivity index (χ1) is 15.1. The number of piperidine rings is 1. The van der Waals surface area contributed by atoms with E-state index in [4.69, 9.17) is 4.42 Å². The summed E-state index contributed by atoms with van der Waals surface area (Å²) in [6.07, 6.45) is 4.69. The molecule has 4 rings (SSSR count). The minimum Gasteiger partial charge on any atom is -0.444 e. The Morgan fingerprint density at radius 1 is 1.03 bits per heavy atom. The van der Waals surface area contributed by atoms with Gasteiger partial charge in [-0.2, -0.15) is 0 Å². The van der Waals surface area contributed by atoms with Crippen LogP contribution in [0.3, 0.4) is 0 Å². The highest BCUT2D eigenvalue weighted by Crippen LogP contribution is 2.21. The highest BCUT2D eigenvalue weighted by Gasteiger charge is 2.21. The molecule has 2 heterocycles. The van der Waals surface area contributed by atoms with Crippen LogP contribution in [0.4, 0.5) is 0 Å². The van der Waals surface area contributed by atoms with Gasteiger partial charge >= 0.3 is 0 Å². The first-order valence-electron chi connectivity index (χ1n) is 10.8. The Labute approximate surface area is 182 Å². The Bertz CT molecular complexity index is 1020. The van der Waals surface area contributed by atoms with Crippen LogP contribution in [-0.4, -0.2) is 34.8 Å². The van der Waals surface area contributed by atoms with Gasteiger partial charge in [0.1, 0.15) is 6.26 Å². The first kappa shape index (κ1) is 20.8. The lowest BCUT2D eigenvalue weighted by atomic mass is 10.0. The number of amides is 2. The van der Waals surface area contributed by atoms with Crippen LogP contribution in [0.2, 0.25) is 0 Å². The summed E-state index contributed by atoms with van der Waals surface area (Å²) in [4.78, 5) is 31.2. The van der Waals surface area contributed by atoms with Crippen LogP contribution in [-0.2, 0) is 11.3 Å². The van der Waals surface area contributed by atoms with Crippen molar-refractivity contribution in [2.75, 3.05) is 13.1 Å². The van der Waals surface area contributed by atoms with Crippen LogP contribution in [0.1, 0.15) is 53.7 Å². The number of hydrogen-bond donors (Lipinski definition) is 1. The van der Waals surface area contributed by atoms with E-state index < -0.39 is 0 Å². The van der Waals surface area contributed by atoms with Crippen molar-refractivity contribution in [3.63, 3.8) is 0 Å². The van der Waals surface area contributed by atoms with Crippen molar-refractivity contribution in [2.24, 2.45) is 0 Å². The van der Waals surface area contributed by atoms with E-state index in [2.05, 4.69) is 10.3 Å². The van der Waals surface area contributed by atoms with Crippen molar-refractivity contribution in [2.45, 2.75) is 38.6 Å². The Morgan fingerprint density at radius 2 is 1.74 bits per heavy atom. The number of carbonyl (C=O) groups is 2. The number of rotatable bonds is 6. The molecule has 1 saturated heterocycles. The van der Waals surface area contributed by atoms with Gasteiger partial charge in [0.05, 0.1) is 5.92 Å². The van der Waals surface area contributed by atoms with Crippen LogP contribution >= 0.6 is 0 Å². The van der Waals surface area contributed by atoms with Crippen LogP contribution in [0.5, 0.6) is 0 Å². The summed E-state index contributed by atoms with van der Waals surface area (Å²) in [6, 6.07) is 17.4. The van der Waals surface area contributed by atoms with E-state index in [-0.39, 0.29) is 17.7 Å². The maximum atomic E-state index is 12.6. The molecule has 6 heteroatoms. The molecule has 2 aromatic carbocycles. The first-order valence-corrected chi connectivity index (χ1v) is 10.8. The molecule has 0 aliphatic carbocycles. The molecule has 1 fully saturated rings. The van der Waals surface area contributed by atoms with Gasteiger partial charge in [0.15, 0.2) is 5.69 Å². The maximum Gasteiger partial charge on any atom is 0.275 e. The fraction of sp³-hybridized carbons (Fsp3) is 0.320. The molecule has 2 amide bonds. The van der Waals surface area contributed by atoms with Gasteiger partial charge in [-0.25, -0.2) is 4.98 Å². The minimum absolute atomic E-state index is 0.0103. The molecule has 1 unspecified atom stereocenters. The van der Waals surface area contributed by atoms with Gasteiger partial charge in [-0.05, 0) is 49.4 Å². The van der Waals surface area contributed by atoms with Crippen molar-refractivity contribution < 1.29 is 14.0 Å². The zero-order chi connectivity index (χ0) is 21.6. The van der Waals surface area contributed by atoms with E-state index in [1.165, 1.54) is 12.7 Å². The van der Waals surface area contributed by atoms with Gasteiger partial charge in [0.2, 0.25) is 11.8 Å². The Morgan fingerprint density at radius 3 is 2.45 bits per heavy atom. The molecule has 6 nitrogen and oxygen atoms in total. The van der Waals surface area contributed by atoms with E-state index in [1.807, 2.05) is 66.4 Å². The summed E-state index contributed by atoms with van der Waals surface area (Å²) < 4.78 is 5.55. The van der Waals surface area contributed by atoms with Crippen LogP contribution in [0.25, 0.3) is 11.5 Å². The SMILES string of the molecule is CC(C(=O)NCc1ccc(-c2nc(C(=O)N3CCCCC3)co2)cc1)c1ccccc1.